The molecule has 2 aliphatic rings. The summed E-state index contributed by atoms with van der Waals surface area (Å²) in [6, 6.07) is 9.82. The van der Waals surface area contributed by atoms with Gasteiger partial charge in [-0.25, -0.2) is 0 Å². The monoisotopic (exact) mass is 298 g/mol. The molecule has 1 atom stereocenters. The maximum atomic E-state index is 12.3. The molecule has 114 valence electrons. The lowest BCUT2D eigenvalue weighted by atomic mass is 9.96. The Labute approximate surface area is 128 Å². The van der Waals surface area contributed by atoms with Crippen LogP contribution < -0.4 is 10.1 Å². The van der Waals surface area contributed by atoms with Crippen molar-refractivity contribution in [3.63, 3.8) is 0 Å². The zero-order valence-electron chi connectivity index (χ0n) is 12.2. The van der Waals surface area contributed by atoms with Gasteiger partial charge in [-0.2, -0.15) is 0 Å². The first-order chi connectivity index (χ1) is 10.8. The van der Waals surface area contributed by atoms with Gasteiger partial charge in [0.05, 0.1) is 12.5 Å². The third-order valence-corrected chi connectivity index (χ3v) is 4.25. The zero-order valence-corrected chi connectivity index (χ0v) is 12.2. The maximum absolute atomic E-state index is 12.3. The number of amides is 1. The Hall–Kier alpha value is -2.30. The highest BCUT2D eigenvalue weighted by Gasteiger charge is 2.28. The number of nitrogens with zero attached hydrogens (tertiary/aromatic N) is 1. The van der Waals surface area contributed by atoms with Gasteiger partial charge in [-0.1, -0.05) is 23.4 Å². The molecule has 22 heavy (non-hydrogen) atoms. The lowest BCUT2D eigenvalue weighted by Gasteiger charge is -2.24. The number of nitrogens with one attached hydrogen (secondary N) is 1. The van der Waals surface area contributed by atoms with Crippen molar-refractivity contribution in [2.75, 3.05) is 6.61 Å². The molecule has 1 saturated carbocycles. The Morgan fingerprint density at radius 3 is 3.05 bits per heavy atom. The van der Waals surface area contributed by atoms with E-state index < -0.39 is 0 Å². The van der Waals surface area contributed by atoms with E-state index in [1.807, 2.05) is 30.3 Å². The molecule has 0 spiro atoms. The smallest absolute Gasteiger partial charge is 0.227 e. The van der Waals surface area contributed by atoms with Crippen molar-refractivity contribution in [2.24, 2.45) is 5.92 Å². The van der Waals surface area contributed by atoms with Gasteiger partial charge in [0.2, 0.25) is 5.91 Å². The summed E-state index contributed by atoms with van der Waals surface area (Å²) in [5.41, 5.74) is 1.87. The van der Waals surface area contributed by atoms with Gasteiger partial charge in [0.1, 0.15) is 23.8 Å². The van der Waals surface area contributed by atoms with Crippen molar-refractivity contribution < 1.29 is 14.1 Å². The number of hydrogen-bond acceptors (Lipinski definition) is 4. The van der Waals surface area contributed by atoms with E-state index >= 15 is 0 Å². The first-order valence-electron chi connectivity index (χ1n) is 7.73. The summed E-state index contributed by atoms with van der Waals surface area (Å²) in [5, 5.41) is 6.94. The molecule has 1 amide bonds. The molecular formula is C17H18N2O3. The summed E-state index contributed by atoms with van der Waals surface area (Å²) in [4.78, 5) is 12.3. The number of rotatable bonds is 4. The second kappa shape index (κ2) is 5.48. The molecule has 0 bridgehead atoms. The fourth-order valence-electron chi connectivity index (χ4n) is 2.79. The van der Waals surface area contributed by atoms with Crippen LogP contribution in [0.4, 0.5) is 0 Å². The minimum Gasteiger partial charge on any atom is -0.492 e. The summed E-state index contributed by atoms with van der Waals surface area (Å²) < 4.78 is 10.9. The molecule has 1 N–H and O–H groups in total. The maximum Gasteiger partial charge on any atom is 0.227 e. The van der Waals surface area contributed by atoms with E-state index in [2.05, 4.69) is 10.5 Å². The fraction of sp³-hybridized carbons (Fsp3) is 0.412. The number of carbonyl (C=O) groups excluding carboxylic acids is 1. The molecule has 0 radical (unpaired) electrons. The van der Waals surface area contributed by atoms with E-state index in [1.165, 1.54) is 12.8 Å². The summed E-state index contributed by atoms with van der Waals surface area (Å²) in [6.07, 6.45) is 3.08. The molecule has 5 nitrogen and oxygen atoms in total. The molecule has 2 aromatic rings. The van der Waals surface area contributed by atoms with E-state index in [0.29, 0.717) is 25.5 Å². The fourth-order valence-corrected chi connectivity index (χ4v) is 2.79. The van der Waals surface area contributed by atoms with Gasteiger partial charge in [0, 0.05) is 12.0 Å². The van der Waals surface area contributed by atoms with Crippen LogP contribution in [0, 0.1) is 5.92 Å². The zero-order chi connectivity index (χ0) is 14.9. The highest BCUT2D eigenvalue weighted by Crippen LogP contribution is 2.40. The van der Waals surface area contributed by atoms with Crippen molar-refractivity contribution >= 4 is 5.91 Å². The number of fused-ring (bicyclic) bond motifs is 1. The lowest BCUT2D eigenvalue weighted by Crippen LogP contribution is -2.37. The van der Waals surface area contributed by atoms with Gasteiger partial charge in [0.25, 0.3) is 0 Å². The van der Waals surface area contributed by atoms with Crippen LogP contribution in [-0.2, 0) is 17.8 Å². The third kappa shape index (κ3) is 2.71. The van der Waals surface area contributed by atoms with Crippen molar-refractivity contribution in [1.29, 1.82) is 0 Å². The van der Waals surface area contributed by atoms with Crippen LogP contribution in [0.1, 0.15) is 35.8 Å². The Morgan fingerprint density at radius 1 is 1.32 bits per heavy atom. The number of benzene rings is 1. The van der Waals surface area contributed by atoms with E-state index in [-0.39, 0.29) is 11.8 Å². The molecule has 1 aromatic heterocycles. The summed E-state index contributed by atoms with van der Waals surface area (Å²) in [5.74, 6) is 2.23. The van der Waals surface area contributed by atoms with E-state index in [1.54, 1.807) is 0 Å². The van der Waals surface area contributed by atoms with Gasteiger partial charge < -0.3 is 14.6 Å². The van der Waals surface area contributed by atoms with Crippen LogP contribution in [-0.4, -0.2) is 17.7 Å². The quantitative estimate of drug-likeness (QED) is 0.941. The summed E-state index contributed by atoms with van der Waals surface area (Å²) >= 11 is 0. The molecule has 1 unspecified atom stereocenters. The molecule has 5 heteroatoms. The van der Waals surface area contributed by atoms with Gasteiger partial charge in [0.15, 0.2) is 0 Å². The Kier molecular flexibility index (Phi) is 3.33. The Bertz CT molecular complexity index is 691. The van der Waals surface area contributed by atoms with Gasteiger partial charge in [-0.3, -0.25) is 4.79 Å². The van der Waals surface area contributed by atoms with Crippen molar-refractivity contribution in [2.45, 2.75) is 31.7 Å². The van der Waals surface area contributed by atoms with Gasteiger partial charge in [-0.15, -0.1) is 0 Å². The molecule has 1 aromatic carbocycles. The topological polar surface area (TPSA) is 64.4 Å². The SMILES string of the molecule is O=C(NCc1cc(C2CC2)on1)C1COc2ccccc2C1. The summed E-state index contributed by atoms with van der Waals surface area (Å²) in [6.45, 7) is 0.836. The second-order valence-electron chi connectivity index (χ2n) is 6.03. The van der Waals surface area contributed by atoms with Gasteiger partial charge >= 0.3 is 0 Å². The summed E-state index contributed by atoms with van der Waals surface area (Å²) in [7, 11) is 0. The van der Waals surface area contributed by atoms with Crippen molar-refractivity contribution in [1.82, 2.24) is 10.5 Å². The average Bonchev–Trinajstić information content (AvgIpc) is 3.31. The predicted molar refractivity (Wildman–Crippen MR) is 79.5 cm³/mol. The molecule has 0 saturated heterocycles. The number of carbonyl (C=O) groups is 1. The number of para-hydroxylation sites is 1. The normalized spacial score (nSPS) is 20.1. The largest absolute Gasteiger partial charge is 0.492 e. The van der Waals surface area contributed by atoms with Crippen LogP contribution >= 0.6 is 0 Å². The number of ether oxygens (including phenoxy) is 1. The van der Waals surface area contributed by atoms with Crippen LogP contribution in [0.5, 0.6) is 5.75 Å². The molecule has 1 aliphatic heterocycles. The third-order valence-electron chi connectivity index (χ3n) is 4.25. The minimum atomic E-state index is -0.148. The average molecular weight is 298 g/mol. The molecule has 4 rings (SSSR count). The highest BCUT2D eigenvalue weighted by molar-refractivity contribution is 5.79. The van der Waals surface area contributed by atoms with E-state index in [4.69, 9.17) is 9.26 Å². The first kappa shape index (κ1) is 13.4. The van der Waals surface area contributed by atoms with Crippen molar-refractivity contribution in [3.05, 3.63) is 47.3 Å². The van der Waals surface area contributed by atoms with Crippen LogP contribution in [0.25, 0.3) is 0 Å². The molecular weight excluding hydrogens is 280 g/mol. The molecule has 2 heterocycles. The Balaban J connectivity index is 1.34. The highest BCUT2D eigenvalue weighted by atomic mass is 16.5. The number of aromatic nitrogens is 1. The van der Waals surface area contributed by atoms with Crippen LogP contribution in [0.3, 0.4) is 0 Å². The van der Waals surface area contributed by atoms with E-state index in [0.717, 1.165) is 22.8 Å². The van der Waals surface area contributed by atoms with Crippen LogP contribution in [0.15, 0.2) is 34.9 Å². The molecule has 1 aliphatic carbocycles. The van der Waals surface area contributed by atoms with Gasteiger partial charge in [-0.05, 0) is 30.9 Å². The predicted octanol–water partition coefficient (Wildman–Crippen LogP) is 2.42. The van der Waals surface area contributed by atoms with Crippen LogP contribution in [0.2, 0.25) is 0 Å². The Morgan fingerprint density at radius 2 is 2.18 bits per heavy atom. The lowest BCUT2D eigenvalue weighted by molar-refractivity contribution is -0.126. The molecule has 1 fully saturated rings. The standard InChI is InChI=1S/C17H18N2O3/c20-17(13-7-12-3-1-2-4-15(12)21-10-13)18-9-14-8-16(22-19-14)11-5-6-11/h1-4,8,11,13H,5-7,9-10H2,(H,18,20). The van der Waals surface area contributed by atoms with Crippen molar-refractivity contribution in [3.8, 4) is 5.75 Å². The second-order valence-corrected chi connectivity index (χ2v) is 6.03. The number of hydrogen-bond donors (Lipinski definition) is 1. The first-order valence-corrected chi connectivity index (χ1v) is 7.73. The van der Waals surface area contributed by atoms with E-state index in [9.17, 15) is 4.79 Å². The minimum absolute atomic E-state index is 0.00507.